The number of anilines is 1. The minimum Gasteiger partial charge on any atom is -0.495 e. The van der Waals surface area contributed by atoms with Crippen molar-refractivity contribution in [2.45, 2.75) is 4.90 Å². The summed E-state index contributed by atoms with van der Waals surface area (Å²) in [7, 11) is -1.64. The van der Waals surface area contributed by atoms with Crippen molar-refractivity contribution in [3.63, 3.8) is 0 Å². The quantitative estimate of drug-likeness (QED) is 0.637. The maximum Gasteiger partial charge on any atom is 0.326 e. The number of benzene rings is 2. The fourth-order valence-electron chi connectivity index (χ4n) is 2.09. The number of carbonyl (C=O) groups is 1. The summed E-state index contributed by atoms with van der Waals surface area (Å²) in [6.45, 7) is -0.595. The van der Waals surface area contributed by atoms with Crippen molar-refractivity contribution in [1.29, 1.82) is 0 Å². The number of halogens is 3. The number of esters is 1. The van der Waals surface area contributed by atoms with Crippen LogP contribution in [0.5, 0.6) is 5.75 Å². The van der Waals surface area contributed by atoms with Gasteiger partial charge >= 0.3 is 5.97 Å². The molecule has 2 aromatic rings. The van der Waals surface area contributed by atoms with Crippen LogP contribution in [0.3, 0.4) is 0 Å². The van der Waals surface area contributed by atoms with Gasteiger partial charge in [0.15, 0.2) is 0 Å². The van der Waals surface area contributed by atoms with Crippen LogP contribution in [-0.2, 0) is 19.6 Å². The molecule has 0 bridgehead atoms. The number of hydrogen-bond donors (Lipinski definition) is 0. The van der Waals surface area contributed by atoms with Gasteiger partial charge in [0.2, 0.25) is 0 Å². The summed E-state index contributed by atoms with van der Waals surface area (Å²) in [6.07, 6.45) is 0. The van der Waals surface area contributed by atoms with E-state index in [1.165, 1.54) is 43.5 Å². The Morgan fingerprint density at radius 3 is 2.31 bits per heavy atom. The third kappa shape index (κ3) is 4.35. The van der Waals surface area contributed by atoms with Crippen molar-refractivity contribution < 1.29 is 22.7 Å². The van der Waals surface area contributed by atoms with E-state index in [4.69, 9.17) is 39.5 Å². The fourth-order valence-corrected chi connectivity index (χ4v) is 4.30. The average molecular weight is 439 g/mol. The van der Waals surface area contributed by atoms with Gasteiger partial charge in [0, 0.05) is 5.02 Å². The normalized spacial score (nSPS) is 11.1. The number of methoxy groups -OCH3 is 2. The van der Waals surface area contributed by atoms with Gasteiger partial charge < -0.3 is 9.47 Å². The fraction of sp³-hybridized carbons (Fsp3) is 0.188. The Hall–Kier alpha value is -1.67. The highest BCUT2D eigenvalue weighted by atomic mass is 35.5. The summed E-state index contributed by atoms with van der Waals surface area (Å²) < 4.78 is 36.7. The molecule has 0 aliphatic rings. The van der Waals surface area contributed by atoms with Crippen LogP contribution in [0, 0.1) is 0 Å². The van der Waals surface area contributed by atoms with Crippen LogP contribution in [0.25, 0.3) is 0 Å². The number of ether oxygens (including phenoxy) is 2. The molecule has 0 amide bonds. The van der Waals surface area contributed by atoms with E-state index in [1.807, 2.05) is 0 Å². The van der Waals surface area contributed by atoms with E-state index >= 15 is 0 Å². The zero-order chi connectivity index (χ0) is 19.5. The molecule has 26 heavy (non-hydrogen) atoms. The zero-order valence-electron chi connectivity index (χ0n) is 13.7. The van der Waals surface area contributed by atoms with Crippen LogP contribution in [0.4, 0.5) is 5.69 Å². The lowest BCUT2D eigenvalue weighted by atomic mass is 10.3. The summed E-state index contributed by atoms with van der Waals surface area (Å²) in [4.78, 5) is 11.6. The third-order valence-corrected chi connectivity index (χ3v) is 5.99. The lowest BCUT2D eigenvalue weighted by Crippen LogP contribution is -2.36. The maximum absolute atomic E-state index is 13.1. The lowest BCUT2D eigenvalue weighted by Gasteiger charge is -2.24. The molecule has 10 heteroatoms. The Morgan fingerprint density at radius 2 is 1.73 bits per heavy atom. The number of hydrogen-bond acceptors (Lipinski definition) is 5. The Kier molecular flexibility index (Phi) is 6.63. The Morgan fingerprint density at radius 1 is 1.04 bits per heavy atom. The molecular formula is C16H14Cl3NO5S. The van der Waals surface area contributed by atoms with E-state index in [9.17, 15) is 13.2 Å². The molecule has 0 atom stereocenters. The third-order valence-electron chi connectivity index (χ3n) is 3.39. The first kappa shape index (κ1) is 20.6. The first-order chi connectivity index (χ1) is 12.2. The molecule has 0 heterocycles. The molecule has 2 aromatic carbocycles. The van der Waals surface area contributed by atoms with E-state index < -0.39 is 22.5 Å². The van der Waals surface area contributed by atoms with Gasteiger partial charge in [-0.25, -0.2) is 8.42 Å². The first-order valence-electron chi connectivity index (χ1n) is 7.09. The predicted molar refractivity (Wildman–Crippen MR) is 101 cm³/mol. The molecule has 0 N–H and O–H groups in total. The molecule has 0 radical (unpaired) electrons. The van der Waals surface area contributed by atoms with Gasteiger partial charge in [0.1, 0.15) is 12.3 Å². The standard InChI is InChI=1S/C16H14Cl3NO5S/c1-24-15-6-4-11(8-13(15)19)26(22,23)20(9-16(21)25-2)14-7-10(17)3-5-12(14)18/h3-8H,9H2,1-2H3. The number of rotatable bonds is 6. The van der Waals surface area contributed by atoms with Crippen LogP contribution in [0.1, 0.15) is 0 Å². The van der Waals surface area contributed by atoms with Crippen LogP contribution in [0.2, 0.25) is 15.1 Å². The summed E-state index contributed by atoms with van der Waals surface area (Å²) in [5, 5.41) is 0.451. The Labute approximate surface area is 166 Å². The molecule has 0 saturated carbocycles. The van der Waals surface area contributed by atoms with Gasteiger partial charge in [-0.15, -0.1) is 0 Å². The zero-order valence-corrected chi connectivity index (χ0v) is 16.8. The van der Waals surface area contributed by atoms with Gasteiger partial charge in [0.05, 0.1) is 34.8 Å². The minimum atomic E-state index is -4.20. The second-order valence-corrected chi connectivity index (χ2v) is 8.09. The SMILES string of the molecule is COC(=O)CN(c1cc(Cl)ccc1Cl)S(=O)(=O)c1ccc(OC)c(Cl)c1. The van der Waals surface area contributed by atoms with Gasteiger partial charge in [-0.2, -0.15) is 0 Å². The first-order valence-corrected chi connectivity index (χ1v) is 9.66. The second kappa shape index (κ2) is 8.35. The maximum atomic E-state index is 13.1. The molecule has 0 unspecified atom stereocenters. The topological polar surface area (TPSA) is 72.9 Å². The number of nitrogens with zero attached hydrogens (tertiary/aromatic N) is 1. The van der Waals surface area contributed by atoms with Crippen molar-refractivity contribution in [2.75, 3.05) is 25.1 Å². The molecule has 2 rings (SSSR count). The van der Waals surface area contributed by atoms with Crippen molar-refractivity contribution >= 4 is 56.5 Å². The van der Waals surface area contributed by atoms with Crippen molar-refractivity contribution in [3.8, 4) is 5.75 Å². The highest BCUT2D eigenvalue weighted by molar-refractivity contribution is 7.92. The van der Waals surface area contributed by atoms with Gasteiger partial charge in [-0.05, 0) is 36.4 Å². The van der Waals surface area contributed by atoms with E-state index in [0.717, 1.165) is 11.4 Å². The van der Waals surface area contributed by atoms with E-state index in [2.05, 4.69) is 4.74 Å². The second-order valence-electron chi connectivity index (χ2n) is 4.98. The van der Waals surface area contributed by atoms with Crippen molar-refractivity contribution in [1.82, 2.24) is 0 Å². The van der Waals surface area contributed by atoms with E-state index in [1.54, 1.807) is 0 Å². The molecule has 6 nitrogen and oxygen atoms in total. The van der Waals surface area contributed by atoms with Crippen molar-refractivity contribution in [2.24, 2.45) is 0 Å². The highest BCUT2D eigenvalue weighted by Crippen LogP contribution is 2.34. The van der Waals surface area contributed by atoms with Crippen LogP contribution < -0.4 is 9.04 Å². The van der Waals surface area contributed by atoms with Crippen LogP contribution >= 0.6 is 34.8 Å². The van der Waals surface area contributed by atoms with E-state index in [0.29, 0.717) is 5.75 Å². The average Bonchev–Trinajstić information content (AvgIpc) is 2.61. The molecule has 0 aliphatic carbocycles. The van der Waals surface area contributed by atoms with Gasteiger partial charge in [-0.1, -0.05) is 34.8 Å². The molecule has 0 fully saturated rings. The molecule has 140 valence electrons. The molecule has 0 saturated heterocycles. The molecular weight excluding hydrogens is 425 g/mol. The number of sulfonamides is 1. The van der Waals surface area contributed by atoms with Crippen molar-refractivity contribution in [3.05, 3.63) is 51.5 Å². The summed E-state index contributed by atoms with van der Waals surface area (Å²) in [5.74, 6) is -0.463. The molecule has 0 spiro atoms. The lowest BCUT2D eigenvalue weighted by molar-refractivity contribution is -0.138. The molecule has 0 aromatic heterocycles. The van der Waals surface area contributed by atoms with Gasteiger partial charge in [0.25, 0.3) is 10.0 Å². The van der Waals surface area contributed by atoms with Gasteiger partial charge in [-0.3, -0.25) is 9.10 Å². The number of carbonyl (C=O) groups excluding carboxylic acids is 1. The smallest absolute Gasteiger partial charge is 0.326 e. The monoisotopic (exact) mass is 437 g/mol. The van der Waals surface area contributed by atoms with Crippen LogP contribution in [-0.4, -0.2) is 35.2 Å². The van der Waals surface area contributed by atoms with E-state index in [-0.39, 0.29) is 25.7 Å². The highest BCUT2D eigenvalue weighted by Gasteiger charge is 2.30. The molecule has 0 aliphatic heterocycles. The minimum absolute atomic E-state index is 0.0384. The Bertz CT molecular complexity index is 933. The largest absolute Gasteiger partial charge is 0.495 e. The predicted octanol–water partition coefficient (Wildman–Crippen LogP) is 4.02. The summed E-state index contributed by atoms with van der Waals surface area (Å²) in [6, 6.07) is 8.21. The Balaban J connectivity index is 2.61. The summed E-state index contributed by atoms with van der Waals surface area (Å²) >= 11 is 18.1. The summed E-state index contributed by atoms with van der Waals surface area (Å²) in [5.41, 5.74) is 0.0384. The van der Waals surface area contributed by atoms with Crippen LogP contribution in [0.15, 0.2) is 41.3 Å².